The normalized spacial score (nSPS) is 21.8. The number of carbonyl (C=O) groups excluding carboxylic acids is 1. The van der Waals surface area contributed by atoms with Gasteiger partial charge in [0, 0.05) is 12.6 Å². The summed E-state index contributed by atoms with van der Waals surface area (Å²) in [6.45, 7) is 22.8. The Hall–Kier alpha value is -1.31. The van der Waals surface area contributed by atoms with Crippen molar-refractivity contribution in [1.82, 2.24) is 14.5 Å². The first-order valence-corrected chi connectivity index (χ1v) is 18.7. The standard InChI is InChI=1S/C25H42ClN3O5Si2/c1-24(2,3)35(8,9)32-14-18-17(34-36(10,11)25(4,5)6)12-19(33-18)29-13-16(23(30)31-7)20-21(26)27-15-28-22(20)29/h13,15,17-19H,12,14H2,1-11H3/t17?,18-,19-/m1/s1. The average molecular weight is 556 g/mol. The Kier molecular flexibility index (Phi) is 8.21. The largest absolute Gasteiger partial charge is 0.465 e. The van der Waals surface area contributed by atoms with Crippen molar-refractivity contribution in [3.8, 4) is 0 Å². The van der Waals surface area contributed by atoms with Gasteiger partial charge >= 0.3 is 5.97 Å². The van der Waals surface area contributed by atoms with Gasteiger partial charge in [0.05, 0.1) is 30.8 Å². The molecule has 1 aliphatic heterocycles. The molecule has 1 aliphatic rings. The topological polar surface area (TPSA) is 84.7 Å². The summed E-state index contributed by atoms with van der Waals surface area (Å²) in [4.78, 5) is 21.0. The Labute approximate surface area is 222 Å². The minimum absolute atomic E-state index is 0.0505. The first-order valence-electron chi connectivity index (χ1n) is 12.5. The lowest BCUT2D eigenvalue weighted by atomic mass is 10.2. The molecule has 2 aromatic heterocycles. The van der Waals surface area contributed by atoms with Crippen LogP contribution in [0.4, 0.5) is 0 Å². The zero-order valence-corrected chi connectivity index (χ0v) is 26.3. The van der Waals surface area contributed by atoms with E-state index in [1.807, 2.05) is 4.57 Å². The first-order chi connectivity index (χ1) is 16.4. The minimum atomic E-state index is -2.09. The van der Waals surface area contributed by atoms with Crippen LogP contribution in [-0.2, 0) is 18.3 Å². The van der Waals surface area contributed by atoms with E-state index in [0.717, 1.165) is 0 Å². The zero-order chi connectivity index (χ0) is 27.3. The van der Waals surface area contributed by atoms with E-state index in [-0.39, 0.29) is 27.4 Å². The highest BCUT2D eigenvalue weighted by Gasteiger charge is 2.47. The number of ether oxygens (including phenoxy) is 2. The number of halogens is 1. The second-order valence-corrected chi connectivity index (χ2v) is 22.6. The molecule has 0 spiro atoms. The molecule has 2 aromatic rings. The van der Waals surface area contributed by atoms with Crippen molar-refractivity contribution in [2.45, 2.75) is 103 Å². The van der Waals surface area contributed by atoms with E-state index in [9.17, 15) is 4.79 Å². The van der Waals surface area contributed by atoms with Crippen molar-refractivity contribution in [3.05, 3.63) is 23.2 Å². The van der Waals surface area contributed by atoms with E-state index in [1.54, 1.807) is 6.20 Å². The van der Waals surface area contributed by atoms with Gasteiger partial charge in [-0.3, -0.25) is 0 Å². The molecule has 0 amide bonds. The summed E-state index contributed by atoms with van der Waals surface area (Å²) in [5.74, 6) is -0.500. The third-order valence-corrected chi connectivity index (χ3v) is 17.4. The molecule has 202 valence electrons. The molecular formula is C25H42ClN3O5Si2. The molecule has 1 unspecified atom stereocenters. The smallest absolute Gasteiger partial charge is 0.340 e. The maximum Gasteiger partial charge on any atom is 0.340 e. The number of carbonyl (C=O) groups is 1. The number of methoxy groups -OCH3 is 1. The van der Waals surface area contributed by atoms with E-state index in [0.29, 0.717) is 29.6 Å². The Bertz CT molecular complexity index is 1110. The van der Waals surface area contributed by atoms with Gasteiger partial charge < -0.3 is 22.9 Å². The Balaban J connectivity index is 1.98. The summed E-state index contributed by atoms with van der Waals surface area (Å²) in [5.41, 5.74) is 0.835. The van der Waals surface area contributed by atoms with E-state index in [1.165, 1.54) is 13.4 Å². The molecule has 3 rings (SSSR count). The Morgan fingerprint density at radius 1 is 1.11 bits per heavy atom. The third kappa shape index (κ3) is 5.73. The van der Waals surface area contributed by atoms with Gasteiger partial charge in [0.25, 0.3) is 0 Å². The molecule has 36 heavy (non-hydrogen) atoms. The van der Waals surface area contributed by atoms with E-state index in [2.05, 4.69) is 77.7 Å². The maximum atomic E-state index is 12.5. The van der Waals surface area contributed by atoms with Crippen molar-refractivity contribution >= 4 is 45.2 Å². The van der Waals surface area contributed by atoms with Gasteiger partial charge in [0.2, 0.25) is 0 Å². The summed E-state index contributed by atoms with van der Waals surface area (Å²) in [5, 5.41) is 0.788. The van der Waals surface area contributed by atoms with E-state index < -0.39 is 28.8 Å². The molecule has 0 aromatic carbocycles. The second kappa shape index (κ2) is 10.1. The number of aromatic nitrogens is 3. The minimum Gasteiger partial charge on any atom is -0.465 e. The predicted molar refractivity (Wildman–Crippen MR) is 148 cm³/mol. The van der Waals surface area contributed by atoms with Crippen molar-refractivity contribution in [3.63, 3.8) is 0 Å². The lowest BCUT2D eigenvalue weighted by molar-refractivity contribution is -0.0382. The highest BCUT2D eigenvalue weighted by molar-refractivity contribution is 6.74. The third-order valence-electron chi connectivity index (χ3n) is 8.13. The van der Waals surface area contributed by atoms with Crippen molar-refractivity contribution in [1.29, 1.82) is 0 Å². The number of nitrogens with zero attached hydrogens (tertiary/aromatic N) is 3. The SMILES string of the molecule is COC(=O)c1cn([C@H]2CC(O[Si](C)(C)C(C)(C)C)[C@@H](CO[Si](C)(C)C(C)(C)C)O2)c2ncnc(Cl)c12. The summed E-state index contributed by atoms with van der Waals surface area (Å²) < 4.78 is 26.9. The highest BCUT2D eigenvalue weighted by atomic mass is 35.5. The molecule has 8 nitrogen and oxygen atoms in total. The zero-order valence-electron chi connectivity index (χ0n) is 23.6. The lowest BCUT2D eigenvalue weighted by Crippen LogP contribution is -2.48. The summed E-state index contributed by atoms with van der Waals surface area (Å²) >= 11 is 6.37. The molecule has 0 bridgehead atoms. The van der Waals surface area contributed by atoms with Crippen LogP contribution in [0.15, 0.2) is 12.5 Å². The van der Waals surface area contributed by atoms with Gasteiger partial charge in [-0.1, -0.05) is 53.1 Å². The van der Waals surface area contributed by atoms with Gasteiger partial charge in [-0.25, -0.2) is 14.8 Å². The molecule has 1 fully saturated rings. The average Bonchev–Trinajstić information content (AvgIpc) is 3.32. The number of hydrogen-bond donors (Lipinski definition) is 0. The number of esters is 1. The van der Waals surface area contributed by atoms with Gasteiger partial charge in [0.15, 0.2) is 16.6 Å². The van der Waals surface area contributed by atoms with Crippen LogP contribution in [0.2, 0.25) is 41.4 Å². The van der Waals surface area contributed by atoms with Crippen LogP contribution in [-0.4, -0.2) is 63.1 Å². The molecule has 0 aliphatic carbocycles. The fourth-order valence-electron chi connectivity index (χ4n) is 3.74. The van der Waals surface area contributed by atoms with Gasteiger partial charge in [-0.2, -0.15) is 0 Å². The molecular weight excluding hydrogens is 514 g/mol. The van der Waals surface area contributed by atoms with Crippen LogP contribution in [0, 0.1) is 0 Å². The molecule has 11 heteroatoms. The molecule has 0 radical (unpaired) electrons. The number of hydrogen-bond acceptors (Lipinski definition) is 7. The van der Waals surface area contributed by atoms with Crippen LogP contribution in [0.5, 0.6) is 0 Å². The fraction of sp³-hybridized carbons (Fsp3) is 0.720. The Morgan fingerprint density at radius 3 is 2.28 bits per heavy atom. The van der Waals surface area contributed by atoms with E-state index in [4.69, 9.17) is 29.9 Å². The summed E-state index contributed by atoms with van der Waals surface area (Å²) in [7, 11) is -2.75. The summed E-state index contributed by atoms with van der Waals surface area (Å²) in [6, 6.07) is 0. The molecule has 1 saturated heterocycles. The van der Waals surface area contributed by atoms with Crippen molar-refractivity contribution < 1.29 is 23.1 Å². The van der Waals surface area contributed by atoms with E-state index >= 15 is 0 Å². The molecule has 0 N–H and O–H groups in total. The van der Waals surface area contributed by atoms with Crippen LogP contribution >= 0.6 is 11.6 Å². The fourth-order valence-corrected chi connectivity index (χ4v) is 6.34. The monoisotopic (exact) mass is 555 g/mol. The lowest BCUT2D eigenvalue weighted by Gasteiger charge is -2.40. The predicted octanol–water partition coefficient (Wildman–Crippen LogP) is 6.57. The Morgan fingerprint density at radius 2 is 1.72 bits per heavy atom. The molecule has 0 saturated carbocycles. The van der Waals surface area contributed by atoms with Crippen LogP contribution < -0.4 is 0 Å². The molecule has 3 heterocycles. The van der Waals surface area contributed by atoms with Crippen LogP contribution in [0.1, 0.15) is 64.5 Å². The first kappa shape index (κ1) is 29.3. The maximum absolute atomic E-state index is 12.5. The van der Waals surface area contributed by atoms with Crippen molar-refractivity contribution in [2.75, 3.05) is 13.7 Å². The van der Waals surface area contributed by atoms with Crippen LogP contribution in [0.25, 0.3) is 11.0 Å². The quantitative estimate of drug-likeness (QED) is 0.217. The highest BCUT2D eigenvalue weighted by Crippen LogP contribution is 2.43. The molecule has 3 atom stereocenters. The van der Waals surface area contributed by atoms with Gasteiger partial charge in [-0.15, -0.1) is 0 Å². The van der Waals surface area contributed by atoms with Gasteiger partial charge in [-0.05, 0) is 36.3 Å². The van der Waals surface area contributed by atoms with Crippen LogP contribution in [0.3, 0.4) is 0 Å². The van der Waals surface area contributed by atoms with Gasteiger partial charge in [0.1, 0.15) is 29.5 Å². The van der Waals surface area contributed by atoms with Crippen molar-refractivity contribution in [2.24, 2.45) is 0 Å². The second-order valence-electron chi connectivity index (χ2n) is 12.7. The number of fused-ring (bicyclic) bond motifs is 1. The number of rotatable bonds is 7. The summed E-state index contributed by atoms with van der Waals surface area (Å²) in [6.07, 6.45) is 2.87.